The summed E-state index contributed by atoms with van der Waals surface area (Å²) < 4.78 is 11.6. The van der Waals surface area contributed by atoms with E-state index in [0.717, 1.165) is 34.6 Å². The number of carboxylic acid groups (broad SMARTS) is 1. The van der Waals surface area contributed by atoms with Crippen LogP contribution < -0.4 is 14.8 Å². The third kappa shape index (κ3) is 6.01. The van der Waals surface area contributed by atoms with Crippen LogP contribution in [0.1, 0.15) is 17.3 Å². The third-order valence-corrected chi connectivity index (χ3v) is 5.20. The van der Waals surface area contributed by atoms with E-state index in [2.05, 4.69) is 11.4 Å². The van der Waals surface area contributed by atoms with E-state index in [-0.39, 0.29) is 32.1 Å². The van der Waals surface area contributed by atoms with Crippen molar-refractivity contribution in [2.75, 3.05) is 19.7 Å². The van der Waals surface area contributed by atoms with Crippen molar-refractivity contribution in [2.24, 2.45) is 0 Å². The molecule has 1 aliphatic heterocycles. The smallest absolute Gasteiger partial charge is 0.335 e. The van der Waals surface area contributed by atoms with Crippen LogP contribution >= 0.6 is 12.4 Å². The Hall–Kier alpha value is -3.06. The molecule has 170 valence electrons. The van der Waals surface area contributed by atoms with Crippen LogP contribution in [-0.2, 0) is 6.42 Å². The summed E-state index contributed by atoms with van der Waals surface area (Å²) in [6, 6.07) is 22.3. The first-order chi connectivity index (χ1) is 15.1. The maximum atomic E-state index is 11.0. The van der Waals surface area contributed by atoms with Gasteiger partial charge in [-0.1, -0.05) is 36.4 Å². The highest BCUT2D eigenvalue weighted by Gasteiger charge is 2.23. The topological polar surface area (TPSA) is 88.0 Å². The number of carbonyl (C=O) groups is 1. The molecule has 6 nitrogen and oxygen atoms in total. The van der Waals surface area contributed by atoms with Gasteiger partial charge in [0.1, 0.15) is 30.3 Å². The minimum atomic E-state index is -0.930. The van der Waals surface area contributed by atoms with E-state index >= 15 is 0 Å². The zero-order valence-electron chi connectivity index (χ0n) is 17.4. The van der Waals surface area contributed by atoms with Crippen molar-refractivity contribution in [2.45, 2.75) is 18.6 Å². The molecule has 0 aromatic heterocycles. The monoisotopic (exact) mass is 457 g/mol. The standard InChI is InChI=1S/C25H25NO5.ClH.H2/c27-21(16-30-22-4-2-1-3-5-22)14-26-15-23-13-20-12-19(10-11-24(20)31-23)17-6-8-18(9-7-17)25(28)29;;/h1-12,21,23,26-27H,13-16H2,(H,28,29);2*1H/t21-,23?;;/m0../s1. The predicted molar refractivity (Wildman–Crippen MR) is 127 cm³/mol. The van der Waals surface area contributed by atoms with Gasteiger partial charge in [-0.3, -0.25) is 0 Å². The lowest BCUT2D eigenvalue weighted by atomic mass is 10.00. The second-order valence-electron chi connectivity index (χ2n) is 7.59. The predicted octanol–water partition coefficient (Wildman–Crippen LogP) is 4.05. The molecule has 0 radical (unpaired) electrons. The SMILES string of the molecule is Cl.O=C(O)c1ccc(-c2ccc3c(c2)CC(CNC[C@H](O)COc2ccccc2)O3)cc1.[HH]. The molecule has 2 atom stereocenters. The molecule has 0 saturated heterocycles. The normalized spacial score (nSPS) is 15.2. The molecular weight excluding hydrogens is 430 g/mol. The summed E-state index contributed by atoms with van der Waals surface area (Å²) in [5, 5.41) is 22.4. The molecule has 1 heterocycles. The number of halogens is 1. The molecular formula is C25H28ClNO5. The Bertz CT molecular complexity index is 1030. The van der Waals surface area contributed by atoms with Gasteiger partial charge in [-0.15, -0.1) is 12.4 Å². The molecule has 0 fully saturated rings. The largest absolute Gasteiger partial charge is 0.491 e. The molecule has 7 heteroatoms. The van der Waals surface area contributed by atoms with E-state index in [9.17, 15) is 9.90 Å². The van der Waals surface area contributed by atoms with Gasteiger partial charge >= 0.3 is 5.97 Å². The van der Waals surface area contributed by atoms with Crippen molar-refractivity contribution >= 4 is 18.4 Å². The van der Waals surface area contributed by atoms with Crippen molar-refractivity contribution < 1.29 is 25.9 Å². The van der Waals surface area contributed by atoms with E-state index in [4.69, 9.17) is 14.6 Å². The Kier molecular flexibility index (Phi) is 8.11. The maximum Gasteiger partial charge on any atom is 0.335 e. The number of fused-ring (bicyclic) bond motifs is 1. The molecule has 3 aromatic carbocycles. The van der Waals surface area contributed by atoms with E-state index in [0.29, 0.717) is 13.1 Å². The number of aliphatic hydroxyl groups is 1. The van der Waals surface area contributed by atoms with Crippen molar-refractivity contribution in [1.82, 2.24) is 5.32 Å². The summed E-state index contributed by atoms with van der Waals surface area (Å²) in [5.74, 6) is 0.677. The summed E-state index contributed by atoms with van der Waals surface area (Å²) >= 11 is 0. The first kappa shape index (κ1) is 23.6. The molecule has 3 N–H and O–H groups in total. The molecule has 1 unspecified atom stereocenters. The van der Waals surface area contributed by atoms with Gasteiger partial charge in [0.15, 0.2) is 0 Å². The molecule has 0 aliphatic carbocycles. The molecule has 0 amide bonds. The van der Waals surface area contributed by atoms with Crippen LogP contribution in [0.2, 0.25) is 0 Å². The van der Waals surface area contributed by atoms with Crippen LogP contribution in [0.5, 0.6) is 11.5 Å². The quantitative estimate of drug-likeness (QED) is 0.449. The van der Waals surface area contributed by atoms with E-state index in [1.165, 1.54) is 0 Å². The number of aromatic carboxylic acids is 1. The highest BCUT2D eigenvalue weighted by molar-refractivity contribution is 5.88. The van der Waals surface area contributed by atoms with Gasteiger partial charge in [0.05, 0.1) is 5.56 Å². The Morgan fingerprint density at radius 3 is 2.53 bits per heavy atom. The Morgan fingerprint density at radius 2 is 1.81 bits per heavy atom. The molecule has 0 spiro atoms. The van der Waals surface area contributed by atoms with Gasteiger partial charge in [-0.05, 0) is 53.1 Å². The first-order valence-corrected chi connectivity index (χ1v) is 10.3. The van der Waals surface area contributed by atoms with E-state index in [1.807, 2.05) is 54.6 Å². The third-order valence-electron chi connectivity index (χ3n) is 5.20. The lowest BCUT2D eigenvalue weighted by Crippen LogP contribution is -2.37. The van der Waals surface area contributed by atoms with Crippen molar-refractivity contribution in [3.63, 3.8) is 0 Å². The van der Waals surface area contributed by atoms with Crippen LogP contribution in [0.15, 0.2) is 72.8 Å². The number of benzene rings is 3. The van der Waals surface area contributed by atoms with Crippen LogP contribution in [0, 0.1) is 0 Å². The molecule has 4 rings (SSSR count). The second kappa shape index (κ2) is 11.0. The Morgan fingerprint density at radius 1 is 1.09 bits per heavy atom. The summed E-state index contributed by atoms with van der Waals surface area (Å²) in [4.78, 5) is 11.0. The van der Waals surface area contributed by atoms with Gasteiger partial charge in [-0.25, -0.2) is 4.79 Å². The van der Waals surface area contributed by atoms with Crippen molar-refractivity contribution in [3.8, 4) is 22.6 Å². The molecule has 0 saturated carbocycles. The second-order valence-corrected chi connectivity index (χ2v) is 7.59. The Labute approximate surface area is 194 Å². The first-order valence-electron chi connectivity index (χ1n) is 10.3. The van der Waals surface area contributed by atoms with E-state index in [1.54, 1.807) is 12.1 Å². The van der Waals surface area contributed by atoms with Crippen LogP contribution in [0.4, 0.5) is 0 Å². The molecule has 1 aliphatic rings. The minimum absolute atomic E-state index is 0. The van der Waals surface area contributed by atoms with Crippen LogP contribution in [0.25, 0.3) is 11.1 Å². The van der Waals surface area contributed by atoms with Crippen molar-refractivity contribution in [1.29, 1.82) is 0 Å². The summed E-state index contributed by atoms with van der Waals surface area (Å²) in [6.07, 6.45) is 0.172. The fourth-order valence-corrected chi connectivity index (χ4v) is 3.60. The van der Waals surface area contributed by atoms with Gasteiger partial charge in [-0.2, -0.15) is 0 Å². The van der Waals surface area contributed by atoms with Gasteiger partial charge < -0.3 is 25.0 Å². The van der Waals surface area contributed by atoms with Gasteiger partial charge in [0.2, 0.25) is 0 Å². The number of rotatable bonds is 9. The fourth-order valence-electron chi connectivity index (χ4n) is 3.60. The lowest BCUT2D eigenvalue weighted by molar-refractivity contribution is 0.0697. The molecule has 3 aromatic rings. The van der Waals surface area contributed by atoms with Gasteiger partial charge in [0.25, 0.3) is 0 Å². The number of para-hydroxylation sites is 1. The average Bonchev–Trinajstić information content (AvgIpc) is 3.20. The summed E-state index contributed by atoms with van der Waals surface area (Å²) in [7, 11) is 0. The fraction of sp³-hybridized carbons (Fsp3) is 0.240. The lowest BCUT2D eigenvalue weighted by Gasteiger charge is -2.15. The van der Waals surface area contributed by atoms with Crippen LogP contribution in [-0.4, -0.2) is 48.1 Å². The highest BCUT2D eigenvalue weighted by atomic mass is 35.5. The molecule has 32 heavy (non-hydrogen) atoms. The maximum absolute atomic E-state index is 11.0. The van der Waals surface area contributed by atoms with Crippen LogP contribution in [0.3, 0.4) is 0 Å². The summed E-state index contributed by atoms with van der Waals surface area (Å²) in [6.45, 7) is 1.27. The number of nitrogens with one attached hydrogen (secondary N) is 1. The zero-order chi connectivity index (χ0) is 21.6. The zero-order valence-corrected chi connectivity index (χ0v) is 18.3. The van der Waals surface area contributed by atoms with E-state index < -0.39 is 12.1 Å². The number of hydrogen-bond donors (Lipinski definition) is 3. The Balaban J connectivity index is 0.00000193. The number of carboxylic acids is 1. The summed E-state index contributed by atoms with van der Waals surface area (Å²) in [5.41, 5.74) is 3.40. The molecule has 0 bridgehead atoms. The van der Waals surface area contributed by atoms with Gasteiger partial charge in [0, 0.05) is 20.9 Å². The van der Waals surface area contributed by atoms with Crippen molar-refractivity contribution in [3.05, 3.63) is 83.9 Å². The number of ether oxygens (including phenoxy) is 2. The average molecular weight is 458 g/mol. The minimum Gasteiger partial charge on any atom is -0.491 e. The number of aliphatic hydroxyl groups excluding tert-OH is 1. The highest BCUT2D eigenvalue weighted by Crippen LogP contribution is 2.33. The number of hydrogen-bond acceptors (Lipinski definition) is 5.